The Morgan fingerprint density at radius 3 is 1.76 bits per heavy atom. The smallest absolute Gasteiger partial charge is 0.302 e. The highest BCUT2D eigenvalue weighted by molar-refractivity contribution is 6.73. The highest BCUT2D eigenvalue weighted by Gasteiger charge is 2.41. The third kappa shape index (κ3) is 9.99. The quantitative estimate of drug-likeness (QED) is 0.105. The Morgan fingerprint density at radius 2 is 1.34 bits per heavy atom. The number of ether oxygens (including phenoxy) is 3. The molecule has 0 radical (unpaired) electrons. The van der Waals surface area contributed by atoms with Crippen LogP contribution in [0.3, 0.4) is 0 Å². The van der Waals surface area contributed by atoms with Crippen LogP contribution < -0.4 is 0 Å². The Morgan fingerprint density at radius 1 is 0.842 bits per heavy atom. The Labute approximate surface area is 231 Å². The van der Waals surface area contributed by atoms with Crippen LogP contribution in [0, 0.1) is 0 Å². The molecule has 0 aliphatic rings. The number of hydrogen-bond acceptors (Lipinski definition) is 5. The first-order chi connectivity index (χ1) is 18.4. The van der Waals surface area contributed by atoms with Crippen molar-refractivity contribution in [3.05, 3.63) is 97.1 Å². The van der Waals surface area contributed by atoms with E-state index in [0.29, 0.717) is 26.1 Å². The van der Waals surface area contributed by atoms with Crippen LogP contribution in [-0.2, 0) is 36.6 Å². The lowest BCUT2D eigenvalue weighted by Crippen LogP contribution is -2.52. The second-order valence-corrected chi connectivity index (χ2v) is 14.3. The van der Waals surface area contributed by atoms with Gasteiger partial charge in [-0.15, -0.1) is 13.2 Å². The summed E-state index contributed by atoms with van der Waals surface area (Å²) in [6.07, 6.45) is 2.81. The SMILES string of the molecule is C=CCC[C@H](OC(C)=O)[C@H](OCc1ccccc1)[C@H](OCc1ccccc1)[C@@H](C=C)O[Si](CC)(CC)CC. The number of carbonyl (C=O) groups excluding carboxylic acids is 1. The highest BCUT2D eigenvalue weighted by Crippen LogP contribution is 2.30. The van der Waals surface area contributed by atoms with Gasteiger partial charge in [0.1, 0.15) is 18.3 Å². The molecular formula is C32H46O5Si. The van der Waals surface area contributed by atoms with E-state index in [1.54, 1.807) is 0 Å². The molecule has 6 heteroatoms. The number of esters is 1. The minimum atomic E-state index is -2.03. The molecule has 5 nitrogen and oxygen atoms in total. The van der Waals surface area contributed by atoms with Crippen LogP contribution in [0.1, 0.15) is 51.7 Å². The molecule has 2 aromatic carbocycles. The molecule has 0 aliphatic carbocycles. The zero-order chi connectivity index (χ0) is 27.8. The summed E-state index contributed by atoms with van der Waals surface area (Å²) in [5, 5.41) is 0. The average molecular weight is 539 g/mol. The van der Waals surface area contributed by atoms with Crippen molar-refractivity contribution in [2.45, 2.75) is 96.3 Å². The summed E-state index contributed by atoms with van der Waals surface area (Å²) in [5.41, 5.74) is 2.07. The molecule has 0 unspecified atom stereocenters. The van der Waals surface area contributed by atoms with Crippen molar-refractivity contribution < 1.29 is 23.4 Å². The van der Waals surface area contributed by atoms with Gasteiger partial charge in [0.15, 0.2) is 8.32 Å². The van der Waals surface area contributed by atoms with Gasteiger partial charge in [-0.1, -0.05) is 93.6 Å². The number of hydrogen-bond donors (Lipinski definition) is 0. The number of benzene rings is 2. The number of carbonyl (C=O) groups is 1. The average Bonchev–Trinajstić information content (AvgIpc) is 2.95. The largest absolute Gasteiger partial charge is 0.460 e. The molecule has 0 spiro atoms. The van der Waals surface area contributed by atoms with Gasteiger partial charge in [-0.3, -0.25) is 4.79 Å². The molecule has 0 aliphatic heterocycles. The highest BCUT2D eigenvalue weighted by atomic mass is 28.4. The van der Waals surface area contributed by atoms with Crippen LogP contribution in [0.25, 0.3) is 0 Å². The Balaban J connectivity index is 2.51. The summed E-state index contributed by atoms with van der Waals surface area (Å²) in [7, 11) is -2.03. The first-order valence-electron chi connectivity index (χ1n) is 13.8. The Kier molecular flexibility index (Phi) is 14.3. The van der Waals surface area contributed by atoms with Crippen molar-refractivity contribution in [1.29, 1.82) is 0 Å². The van der Waals surface area contributed by atoms with E-state index in [0.717, 1.165) is 29.3 Å². The van der Waals surface area contributed by atoms with E-state index in [2.05, 4.69) is 33.9 Å². The van der Waals surface area contributed by atoms with Crippen molar-refractivity contribution in [3.8, 4) is 0 Å². The van der Waals surface area contributed by atoms with Gasteiger partial charge in [0.05, 0.1) is 19.3 Å². The summed E-state index contributed by atoms with van der Waals surface area (Å²) in [6.45, 7) is 16.8. The maximum absolute atomic E-state index is 12.2. The van der Waals surface area contributed by atoms with E-state index in [1.807, 2.05) is 72.8 Å². The molecule has 2 rings (SSSR count). The second-order valence-electron chi connectivity index (χ2n) is 9.60. The molecule has 38 heavy (non-hydrogen) atoms. The van der Waals surface area contributed by atoms with Gasteiger partial charge in [-0.05, 0) is 42.1 Å². The lowest BCUT2D eigenvalue weighted by Gasteiger charge is -2.40. The maximum Gasteiger partial charge on any atom is 0.302 e. The standard InChI is InChI=1S/C32H46O5Si/c1-7-12-23-30(36-26(6)33)32(35-25-28-21-17-14-18-22-28)31(34-24-27-19-15-13-16-20-27)29(8-2)37-38(9-3,10-4)11-5/h7-8,13-22,29-32H,1-2,9-12,23-25H2,3-6H3/t29-,30+,31-,32+/m1/s1. The predicted molar refractivity (Wildman–Crippen MR) is 157 cm³/mol. The van der Waals surface area contributed by atoms with Crippen LogP contribution >= 0.6 is 0 Å². The summed E-state index contributed by atoms with van der Waals surface area (Å²) < 4.78 is 26.0. The first kappa shape index (κ1) is 31.7. The molecular weight excluding hydrogens is 492 g/mol. The summed E-state index contributed by atoms with van der Waals surface area (Å²) in [4.78, 5) is 12.2. The normalized spacial score (nSPS) is 14.7. The topological polar surface area (TPSA) is 54.0 Å². The van der Waals surface area contributed by atoms with Crippen molar-refractivity contribution >= 4 is 14.3 Å². The molecule has 0 N–H and O–H groups in total. The Bertz CT molecular complexity index is 937. The lowest BCUT2D eigenvalue weighted by atomic mass is 9.98. The molecule has 0 aromatic heterocycles. The van der Waals surface area contributed by atoms with Crippen molar-refractivity contribution in [2.24, 2.45) is 0 Å². The van der Waals surface area contributed by atoms with E-state index < -0.39 is 32.7 Å². The van der Waals surface area contributed by atoms with Gasteiger partial charge >= 0.3 is 5.97 Å². The second kappa shape index (κ2) is 17.1. The fourth-order valence-corrected chi connectivity index (χ4v) is 7.45. The molecule has 4 atom stereocenters. The van der Waals surface area contributed by atoms with E-state index in [-0.39, 0.29) is 5.97 Å². The zero-order valence-corrected chi connectivity index (χ0v) is 24.6. The third-order valence-corrected chi connectivity index (χ3v) is 11.7. The Hall–Kier alpha value is -2.51. The van der Waals surface area contributed by atoms with E-state index >= 15 is 0 Å². The molecule has 0 heterocycles. The van der Waals surface area contributed by atoms with Gasteiger partial charge in [-0.2, -0.15) is 0 Å². The van der Waals surface area contributed by atoms with Crippen molar-refractivity contribution in [2.75, 3.05) is 0 Å². The minimum absolute atomic E-state index is 0.352. The fourth-order valence-electron chi connectivity index (χ4n) is 4.65. The van der Waals surface area contributed by atoms with Crippen LogP contribution in [0.15, 0.2) is 86.0 Å². The van der Waals surface area contributed by atoms with Crippen molar-refractivity contribution in [1.82, 2.24) is 0 Å². The number of allylic oxidation sites excluding steroid dienone is 1. The molecule has 2 aromatic rings. The molecule has 0 bridgehead atoms. The van der Waals surface area contributed by atoms with Gasteiger partial charge in [0.2, 0.25) is 0 Å². The van der Waals surface area contributed by atoms with Gasteiger partial charge < -0.3 is 18.6 Å². The summed E-state index contributed by atoms with van der Waals surface area (Å²) >= 11 is 0. The fraction of sp³-hybridized carbons (Fsp3) is 0.469. The summed E-state index contributed by atoms with van der Waals surface area (Å²) in [5.74, 6) is -0.357. The van der Waals surface area contributed by atoms with E-state index in [1.165, 1.54) is 6.92 Å². The number of rotatable bonds is 19. The monoisotopic (exact) mass is 538 g/mol. The van der Waals surface area contributed by atoms with Gasteiger partial charge in [0.25, 0.3) is 0 Å². The van der Waals surface area contributed by atoms with Crippen LogP contribution in [0.4, 0.5) is 0 Å². The van der Waals surface area contributed by atoms with E-state index in [9.17, 15) is 4.79 Å². The molecule has 208 valence electrons. The van der Waals surface area contributed by atoms with Gasteiger partial charge in [0, 0.05) is 6.92 Å². The third-order valence-electron chi connectivity index (χ3n) is 7.11. The first-order valence-corrected chi connectivity index (χ1v) is 16.3. The van der Waals surface area contributed by atoms with Crippen LogP contribution in [-0.4, -0.2) is 38.7 Å². The lowest BCUT2D eigenvalue weighted by molar-refractivity contribution is -0.180. The maximum atomic E-state index is 12.2. The van der Waals surface area contributed by atoms with Gasteiger partial charge in [-0.25, -0.2) is 0 Å². The predicted octanol–water partition coefficient (Wildman–Crippen LogP) is 7.63. The minimum Gasteiger partial charge on any atom is -0.460 e. The molecule has 0 saturated carbocycles. The van der Waals surface area contributed by atoms with Crippen LogP contribution in [0.5, 0.6) is 0 Å². The molecule has 0 fully saturated rings. The molecule has 0 saturated heterocycles. The molecule has 0 amide bonds. The van der Waals surface area contributed by atoms with E-state index in [4.69, 9.17) is 18.6 Å². The van der Waals surface area contributed by atoms with Crippen molar-refractivity contribution in [3.63, 3.8) is 0 Å². The van der Waals surface area contributed by atoms with Crippen LogP contribution in [0.2, 0.25) is 18.1 Å². The zero-order valence-electron chi connectivity index (χ0n) is 23.6. The summed E-state index contributed by atoms with van der Waals surface area (Å²) in [6, 6.07) is 23.0.